The molecule has 2 aromatic rings. The quantitative estimate of drug-likeness (QED) is 0.927. The zero-order valence-corrected chi connectivity index (χ0v) is 14.7. The monoisotopic (exact) mass is 338 g/mol. The minimum Gasteiger partial charge on any atom is -0.342 e. The lowest BCUT2D eigenvalue weighted by molar-refractivity contribution is -0.137. The molecular formula is C20H26N4O. The molecule has 25 heavy (non-hydrogen) atoms. The van der Waals surface area contributed by atoms with Gasteiger partial charge in [-0.1, -0.05) is 25.3 Å². The van der Waals surface area contributed by atoms with E-state index in [9.17, 15) is 4.79 Å². The molecule has 2 fully saturated rings. The van der Waals surface area contributed by atoms with Crippen LogP contribution in [-0.2, 0) is 4.79 Å². The highest BCUT2D eigenvalue weighted by atomic mass is 16.2. The Kier molecular flexibility index (Phi) is 4.81. The Morgan fingerprint density at radius 2 is 1.92 bits per heavy atom. The van der Waals surface area contributed by atoms with Crippen molar-refractivity contribution in [1.82, 2.24) is 20.1 Å². The number of hydrogen-bond acceptors (Lipinski definition) is 3. The van der Waals surface area contributed by atoms with E-state index in [4.69, 9.17) is 0 Å². The van der Waals surface area contributed by atoms with Crippen molar-refractivity contribution in [3.05, 3.63) is 36.4 Å². The molecule has 1 saturated heterocycles. The van der Waals surface area contributed by atoms with Crippen LogP contribution < -0.4 is 0 Å². The summed E-state index contributed by atoms with van der Waals surface area (Å²) in [5.41, 5.74) is 3.23. The van der Waals surface area contributed by atoms with Gasteiger partial charge in [0.05, 0.1) is 6.20 Å². The number of likely N-dealkylation sites (tertiary alicyclic amines) is 1. The summed E-state index contributed by atoms with van der Waals surface area (Å²) in [6.07, 6.45) is 13.7. The van der Waals surface area contributed by atoms with Gasteiger partial charge in [0.1, 0.15) is 0 Å². The van der Waals surface area contributed by atoms with E-state index in [1.165, 1.54) is 19.3 Å². The molecule has 1 aliphatic heterocycles. The largest absolute Gasteiger partial charge is 0.342 e. The molecule has 2 aromatic heterocycles. The zero-order valence-electron chi connectivity index (χ0n) is 14.7. The Bertz CT molecular complexity index is 689. The standard InChI is InChI=1S/C20H26N4O/c25-20(15-5-2-1-3-6-15)24-10-4-7-17(14-24)19-9-8-16(11-21-19)18-12-22-23-13-18/h8-9,11-13,15,17H,1-7,10,14H2,(H,22,23)/t17-/m1/s1. The number of hydrogen-bond donors (Lipinski definition) is 1. The van der Waals surface area contributed by atoms with Crippen LogP contribution in [0.2, 0.25) is 0 Å². The maximum Gasteiger partial charge on any atom is 0.225 e. The molecule has 0 spiro atoms. The fraction of sp³-hybridized carbons (Fsp3) is 0.550. The second kappa shape index (κ2) is 7.38. The Balaban J connectivity index is 1.43. The van der Waals surface area contributed by atoms with Crippen LogP contribution in [0, 0.1) is 5.92 Å². The molecule has 1 atom stereocenters. The Morgan fingerprint density at radius 1 is 1.04 bits per heavy atom. The first-order valence-electron chi connectivity index (χ1n) is 9.55. The highest BCUT2D eigenvalue weighted by Gasteiger charge is 2.30. The number of pyridine rings is 1. The van der Waals surface area contributed by atoms with Gasteiger partial charge < -0.3 is 4.90 Å². The van der Waals surface area contributed by atoms with Crippen LogP contribution in [-0.4, -0.2) is 39.1 Å². The number of amides is 1. The van der Waals surface area contributed by atoms with E-state index in [0.717, 1.165) is 55.6 Å². The van der Waals surface area contributed by atoms with Gasteiger partial charge in [0.2, 0.25) is 5.91 Å². The van der Waals surface area contributed by atoms with E-state index >= 15 is 0 Å². The molecule has 3 heterocycles. The first-order chi connectivity index (χ1) is 12.3. The summed E-state index contributed by atoms with van der Waals surface area (Å²) in [5, 5.41) is 6.82. The predicted octanol–water partition coefficient (Wildman–Crippen LogP) is 3.76. The maximum absolute atomic E-state index is 12.8. The first-order valence-corrected chi connectivity index (χ1v) is 9.55. The summed E-state index contributed by atoms with van der Waals surface area (Å²) in [6, 6.07) is 4.22. The molecule has 132 valence electrons. The lowest BCUT2D eigenvalue weighted by Gasteiger charge is -2.35. The van der Waals surface area contributed by atoms with Gasteiger partial charge in [0.25, 0.3) is 0 Å². The molecular weight excluding hydrogens is 312 g/mol. The second-order valence-corrected chi connectivity index (χ2v) is 7.42. The molecule has 1 aliphatic carbocycles. The molecule has 1 N–H and O–H groups in total. The summed E-state index contributed by atoms with van der Waals surface area (Å²) in [4.78, 5) is 19.6. The topological polar surface area (TPSA) is 61.9 Å². The van der Waals surface area contributed by atoms with Crippen molar-refractivity contribution in [2.24, 2.45) is 5.92 Å². The summed E-state index contributed by atoms with van der Waals surface area (Å²) in [7, 11) is 0. The molecule has 1 amide bonds. The third-order valence-corrected chi connectivity index (χ3v) is 5.72. The SMILES string of the molecule is O=C(C1CCCCC1)N1CCC[C@@H](c2ccc(-c3cn[nH]c3)cn2)C1. The van der Waals surface area contributed by atoms with E-state index in [1.807, 2.05) is 18.6 Å². The van der Waals surface area contributed by atoms with Crippen molar-refractivity contribution >= 4 is 5.91 Å². The number of H-pyrrole nitrogens is 1. The molecule has 0 bridgehead atoms. The number of carbonyl (C=O) groups is 1. The second-order valence-electron chi connectivity index (χ2n) is 7.42. The van der Waals surface area contributed by atoms with Crippen LogP contribution in [0.1, 0.15) is 56.6 Å². The average Bonchev–Trinajstić information content (AvgIpc) is 3.23. The van der Waals surface area contributed by atoms with E-state index < -0.39 is 0 Å². The van der Waals surface area contributed by atoms with Gasteiger partial charge in [-0.15, -0.1) is 0 Å². The van der Waals surface area contributed by atoms with Crippen molar-refractivity contribution in [2.75, 3.05) is 13.1 Å². The van der Waals surface area contributed by atoms with Crippen LogP contribution in [0.25, 0.3) is 11.1 Å². The minimum atomic E-state index is 0.268. The van der Waals surface area contributed by atoms with Crippen LogP contribution in [0.5, 0.6) is 0 Å². The smallest absolute Gasteiger partial charge is 0.225 e. The molecule has 2 aliphatic rings. The Hall–Kier alpha value is -2.17. The number of nitrogens with one attached hydrogen (secondary N) is 1. The number of rotatable bonds is 3. The predicted molar refractivity (Wildman–Crippen MR) is 96.9 cm³/mol. The molecule has 0 aromatic carbocycles. The highest BCUT2D eigenvalue weighted by Crippen LogP contribution is 2.31. The lowest BCUT2D eigenvalue weighted by atomic mass is 9.86. The lowest BCUT2D eigenvalue weighted by Crippen LogP contribution is -2.43. The number of nitrogens with zero attached hydrogens (tertiary/aromatic N) is 3. The molecule has 5 nitrogen and oxygen atoms in total. The molecule has 0 radical (unpaired) electrons. The third-order valence-electron chi connectivity index (χ3n) is 5.72. The van der Waals surface area contributed by atoms with Gasteiger partial charge >= 0.3 is 0 Å². The molecule has 1 saturated carbocycles. The number of carbonyl (C=O) groups excluding carboxylic acids is 1. The van der Waals surface area contributed by atoms with Gasteiger partial charge in [-0.25, -0.2) is 0 Å². The van der Waals surface area contributed by atoms with E-state index in [0.29, 0.717) is 11.8 Å². The summed E-state index contributed by atoms with van der Waals surface area (Å²) >= 11 is 0. The molecule has 5 heteroatoms. The van der Waals surface area contributed by atoms with Crippen molar-refractivity contribution in [3.63, 3.8) is 0 Å². The minimum absolute atomic E-state index is 0.268. The van der Waals surface area contributed by atoms with Crippen molar-refractivity contribution in [1.29, 1.82) is 0 Å². The number of aromatic nitrogens is 3. The van der Waals surface area contributed by atoms with Crippen LogP contribution in [0.4, 0.5) is 0 Å². The number of aromatic amines is 1. The van der Waals surface area contributed by atoms with Crippen LogP contribution in [0.3, 0.4) is 0 Å². The van der Waals surface area contributed by atoms with Gasteiger partial charge in [-0.05, 0) is 31.7 Å². The molecule has 4 rings (SSSR count). The maximum atomic E-state index is 12.8. The van der Waals surface area contributed by atoms with Crippen LogP contribution >= 0.6 is 0 Å². The van der Waals surface area contributed by atoms with Crippen molar-refractivity contribution in [2.45, 2.75) is 50.9 Å². The van der Waals surface area contributed by atoms with Gasteiger partial charge in [-0.3, -0.25) is 14.9 Å². The normalized spacial score (nSPS) is 22.1. The van der Waals surface area contributed by atoms with Gasteiger partial charge in [0, 0.05) is 54.1 Å². The zero-order chi connectivity index (χ0) is 17.1. The Morgan fingerprint density at radius 3 is 2.64 bits per heavy atom. The third kappa shape index (κ3) is 3.60. The van der Waals surface area contributed by atoms with Crippen LogP contribution in [0.15, 0.2) is 30.7 Å². The first kappa shape index (κ1) is 16.3. The Labute approximate surface area is 148 Å². The average molecular weight is 338 g/mol. The molecule has 0 unspecified atom stereocenters. The van der Waals surface area contributed by atoms with E-state index in [-0.39, 0.29) is 5.92 Å². The summed E-state index contributed by atoms with van der Waals surface area (Å²) < 4.78 is 0. The van der Waals surface area contributed by atoms with Gasteiger partial charge in [-0.2, -0.15) is 5.10 Å². The van der Waals surface area contributed by atoms with Gasteiger partial charge in [0.15, 0.2) is 0 Å². The summed E-state index contributed by atoms with van der Waals surface area (Å²) in [6.45, 7) is 1.74. The number of piperidine rings is 1. The highest BCUT2D eigenvalue weighted by molar-refractivity contribution is 5.79. The van der Waals surface area contributed by atoms with E-state index in [2.05, 4.69) is 32.2 Å². The van der Waals surface area contributed by atoms with Crippen molar-refractivity contribution in [3.8, 4) is 11.1 Å². The summed E-state index contributed by atoms with van der Waals surface area (Å²) in [5.74, 6) is 1.02. The fourth-order valence-electron chi connectivity index (χ4n) is 4.25. The fourth-order valence-corrected chi connectivity index (χ4v) is 4.25. The van der Waals surface area contributed by atoms with Crippen molar-refractivity contribution < 1.29 is 4.79 Å². The van der Waals surface area contributed by atoms with E-state index in [1.54, 1.807) is 0 Å².